The Bertz CT molecular complexity index is 3290. The van der Waals surface area contributed by atoms with E-state index in [-0.39, 0.29) is 0 Å². The van der Waals surface area contributed by atoms with Gasteiger partial charge in [-0.2, -0.15) is 0 Å². The minimum atomic E-state index is 1.18. The van der Waals surface area contributed by atoms with Crippen LogP contribution in [0, 0.1) is 0 Å². The van der Waals surface area contributed by atoms with E-state index in [9.17, 15) is 0 Å². The van der Waals surface area contributed by atoms with Crippen molar-refractivity contribution < 1.29 is 0 Å². The molecule has 0 aliphatic rings. The Morgan fingerprint density at radius 1 is 0.300 bits per heavy atom. The van der Waals surface area contributed by atoms with Crippen LogP contribution < -0.4 is 0 Å². The van der Waals surface area contributed by atoms with Crippen molar-refractivity contribution in [3.63, 3.8) is 0 Å². The molecule has 0 N–H and O–H groups in total. The average molecular weight is 635 g/mol. The molecule has 0 aliphatic carbocycles. The molecule has 0 saturated heterocycles. The smallest absolute Gasteiger partial charge is 0.0641 e. The highest BCUT2D eigenvalue weighted by atomic mass is 15.0. The third kappa shape index (κ3) is 2.84. The molecule has 13 rings (SSSR count). The van der Waals surface area contributed by atoms with Gasteiger partial charge in [-0.25, -0.2) is 0 Å². The number of aromatic nitrogens is 4. The summed E-state index contributed by atoms with van der Waals surface area (Å²) in [6, 6.07) is 53.7. The van der Waals surface area contributed by atoms with E-state index in [1.807, 2.05) is 0 Å². The maximum absolute atomic E-state index is 2.51. The van der Waals surface area contributed by atoms with E-state index in [2.05, 4.69) is 176 Å². The van der Waals surface area contributed by atoms with Gasteiger partial charge in [0.25, 0.3) is 0 Å². The maximum Gasteiger partial charge on any atom is 0.0641 e. The molecule has 0 fully saturated rings. The summed E-state index contributed by atoms with van der Waals surface area (Å²) in [6.45, 7) is 0. The van der Waals surface area contributed by atoms with Gasteiger partial charge in [0.1, 0.15) is 0 Å². The largest absolute Gasteiger partial charge is 0.315 e. The van der Waals surface area contributed by atoms with Crippen molar-refractivity contribution in [1.82, 2.24) is 17.9 Å². The summed E-state index contributed by atoms with van der Waals surface area (Å²) in [5, 5.41) is 12.9. The fraction of sp³-hybridized carbons (Fsp3) is 0. The summed E-state index contributed by atoms with van der Waals surface area (Å²) in [5.74, 6) is 0. The number of benzene rings is 7. The van der Waals surface area contributed by atoms with Crippen LogP contribution in [-0.2, 0) is 0 Å². The van der Waals surface area contributed by atoms with Gasteiger partial charge in [-0.15, -0.1) is 0 Å². The monoisotopic (exact) mass is 634 g/mol. The molecule has 4 nitrogen and oxygen atoms in total. The molecule has 0 amide bonds. The summed E-state index contributed by atoms with van der Waals surface area (Å²) in [6.07, 6.45) is 4.53. The number of hydrogen-bond acceptors (Lipinski definition) is 0. The molecule has 0 radical (unpaired) electrons. The molecule has 0 atom stereocenters. The zero-order valence-electron chi connectivity index (χ0n) is 26.8. The first-order chi connectivity index (χ1) is 24.8. The highest BCUT2D eigenvalue weighted by Gasteiger charge is 2.25. The predicted octanol–water partition coefficient (Wildman–Crippen LogP) is 11.9. The van der Waals surface area contributed by atoms with Gasteiger partial charge < -0.3 is 17.9 Å². The van der Waals surface area contributed by atoms with Crippen LogP contribution in [0.15, 0.2) is 158 Å². The van der Waals surface area contributed by atoms with E-state index in [1.165, 1.54) is 109 Å². The van der Waals surface area contributed by atoms with Crippen molar-refractivity contribution in [1.29, 1.82) is 0 Å². The quantitative estimate of drug-likeness (QED) is 0.180. The molecule has 6 heterocycles. The molecule has 4 heteroatoms. The third-order valence-electron chi connectivity index (χ3n) is 11.4. The van der Waals surface area contributed by atoms with Crippen LogP contribution in [0.4, 0.5) is 0 Å². The minimum absolute atomic E-state index is 1.18. The first-order valence-electron chi connectivity index (χ1n) is 17.3. The van der Waals surface area contributed by atoms with Crippen molar-refractivity contribution in [2.45, 2.75) is 0 Å². The second kappa shape index (κ2) is 8.62. The molecule has 13 aromatic rings. The lowest BCUT2D eigenvalue weighted by Gasteiger charge is -2.09. The molecule has 230 valence electrons. The Labute approximate surface area is 284 Å². The van der Waals surface area contributed by atoms with Crippen molar-refractivity contribution in [3.8, 4) is 11.4 Å². The number of rotatable bonds is 2. The second-order valence-electron chi connectivity index (χ2n) is 13.8. The van der Waals surface area contributed by atoms with Gasteiger partial charge >= 0.3 is 0 Å². The zero-order chi connectivity index (χ0) is 32.2. The van der Waals surface area contributed by atoms with E-state index in [4.69, 9.17) is 0 Å². The Morgan fingerprint density at radius 2 is 0.740 bits per heavy atom. The highest BCUT2D eigenvalue weighted by molar-refractivity contribution is 6.34. The fourth-order valence-corrected chi connectivity index (χ4v) is 9.49. The van der Waals surface area contributed by atoms with Crippen LogP contribution >= 0.6 is 0 Å². The Morgan fingerprint density at radius 3 is 1.22 bits per heavy atom. The van der Waals surface area contributed by atoms with Crippen LogP contribution in [0.3, 0.4) is 0 Å². The van der Waals surface area contributed by atoms with Crippen molar-refractivity contribution in [2.24, 2.45) is 0 Å². The molecule has 0 spiro atoms. The van der Waals surface area contributed by atoms with Crippen molar-refractivity contribution in [2.75, 3.05) is 0 Å². The molecule has 7 aromatic carbocycles. The van der Waals surface area contributed by atoms with Gasteiger partial charge in [-0.3, -0.25) is 0 Å². The van der Waals surface area contributed by atoms with Gasteiger partial charge in [-0.1, -0.05) is 72.8 Å². The first-order valence-corrected chi connectivity index (χ1v) is 17.3. The van der Waals surface area contributed by atoms with Crippen molar-refractivity contribution >= 4 is 98.0 Å². The average Bonchev–Trinajstić information content (AvgIpc) is 4.01. The second-order valence-corrected chi connectivity index (χ2v) is 13.8. The third-order valence-corrected chi connectivity index (χ3v) is 11.4. The summed E-state index contributed by atoms with van der Waals surface area (Å²) in [4.78, 5) is 0. The number of para-hydroxylation sites is 4. The first kappa shape index (κ1) is 25.3. The predicted molar refractivity (Wildman–Crippen MR) is 209 cm³/mol. The Balaban J connectivity index is 1.30. The summed E-state index contributed by atoms with van der Waals surface area (Å²) < 4.78 is 9.81. The topological polar surface area (TPSA) is 18.7 Å². The zero-order valence-corrected chi connectivity index (χ0v) is 26.8. The van der Waals surface area contributed by atoms with Crippen LogP contribution in [0.5, 0.6) is 0 Å². The number of nitrogens with zero attached hydrogens (tertiary/aromatic N) is 4. The number of fused-ring (bicyclic) bond motifs is 14. The van der Waals surface area contributed by atoms with Crippen molar-refractivity contribution in [3.05, 3.63) is 158 Å². The van der Waals surface area contributed by atoms with Gasteiger partial charge in [0.15, 0.2) is 0 Å². The standard InChI is InChI=1S/C46H26N4/c1-3-11-29(12-4-1)49-37-17-9-7-15-31(37)33-23-27-19-21-47-39-26-40-36(25-35(39)41(43(27)47)45(33)49)42-44-28(20-22-48(40)44)24-34-32-16-8-10-18-38(32)50(46(34)42)30-13-5-2-6-14-30/h1-26H. The number of hydrogen-bond donors (Lipinski definition) is 0. The maximum atomic E-state index is 2.51. The van der Waals surface area contributed by atoms with Gasteiger partial charge in [0, 0.05) is 77.6 Å². The molecule has 0 saturated carbocycles. The van der Waals surface area contributed by atoms with Gasteiger partial charge in [0.2, 0.25) is 0 Å². The molecular weight excluding hydrogens is 609 g/mol. The lowest BCUT2D eigenvalue weighted by molar-refractivity contribution is 1.19. The summed E-state index contributed by atoms with van der Waals surface area (Å²) in [7, 11) is 0. The summed E-state index contributed by atoms with van der Waals surface area (Å²) >= 11 is 0. The van der Waals surface area contributed by atoms with E-state index in [0.29, 0.717) is 0 Å². The highest BCUT2D eigenvalue weighted by Crippen LogP contribution is 2.48. The fourth-order valence-electron chi connectivity index (χ4n) is 9.49. The lowest BCUT2D eigenvalue weighted by Crippen LogP contribution is -1.93. The molecule has 0 bridgehead atoms. The molecule has 0 aliphatic heterocycles. The molecule has 0 unspecified atom stereocenters. The van der Waals surface area contributed by atoms with Gasteiger partial charge in [-0.05, 0) is 72.8 Å². The van der Waals surface area contributed by atoms with E-state index < -0.39 is 0 Å². The van der Waals surface area contributed by atoms with Crippen LogP contribution in [0.2, 0.25) is 0 Å². The lowest BCUT2D eigenvalue weighted by atomic mass is 10.0. The van der Waals surface area contributed by atoms with Crippen LogP contribution in [0.1, 0.15) is 0 Å². The van der Waals surface area contributed by atoms with Crippen LogP contribution in [0.25, 0.3) is 109 Å². The Kier molecular flexibility index (Phi) is 4.36. The minimum Gasteiger partial charge on any atom is -0.315 e. The van der Waals surface area contributed by atoms with Gasteiger partial charge in [0.05, 0.1) is 44.1 Å². The van der Waals surface area contributed by atoms with E-state index in [1.54, 1.807) is 0 Å². The Hall–Kier alpha value is -6.78. The summed E-state index contributed by atoms with van der Waals surface area (Å²) in [5.41, 5.74) is 12.4. The van der Waals surface area contributed by atoms with E-state index in [0.717, 1.165) is 0 Å². The molecular formula is C46H26N4. The molecule has 6 aromatic heterocycles. The van der Waals surface area contributed by atoms with E-state index >= 15 is 0 Å². The normalized spacial score (nSPS) is 12.8. The van der Waals surface area contributed by atoms with Crippen LogP contribution in [-0.4, -0.2) is 17.9 Å². The molecule has 50 heavy (non-hydrogen) atoms. The SMILES string of the molecule is c1ccc(-n2c3ccccc3c3cc4ccn5c6cc7c(cc6c(c32)c45)c2c3c(cc4ccn7c42)c2ccccc2n3-c2ccccc2)cc1.